The number of hydrogen-bond acceptors (Lipinski definition) is 2. The quantitative estimate of drug-likeness (QED) is 0.466. The Morgan fingerprint density at radius 2 is 1.72 bits per heavy atom. The van der Waals surface area contributed by atoms with Gasteiger partial charge >= 0.3 is 6.18 Å². The van der Waals surface area contributed by atoms with Crippen LogP contribution in [0.5, 0.6) is 0 Å². The molecule has 3 nitrogen and oxygen atoms in total. The van der Waals surface area contributed by atoms with Crippen LogP contribution in [0.4, 0.5) is 13.2 Å². The van der Waals surface area contributed by atoms with E-state index in [1.165, 1.54) is 12.1 Å². The van der Waals surface area contributed by atoms with Gasteiger partial charge in [0.2, 0.25) is 0 Å². The fraction of sp³-hybridized carbons (Fsp3) is 0.227. The van der Waals surface area contributed by atoms with Gasteiger partial charge in [-0.1, -0.05) is 49.4 Å². The predicted molar refractivity (Wildman–Crippen MR) is 109 cm³/mol. The average molecular weight is 466 g/mol. The first-order chi connectivity index (χ1) is 13.8. The highest BCUT2D eigenvalue weighted by Gasteiger charge is 2.31. The number of nitrogens with one attached hydrogen (secondary N) is 1. The lowest BCUT2D eigenvalue weighted by Crippen LogP contribution is -2.26. The van der Waals surface area contributed by atoms with Gasteiger partial charge in [0.25, 0.3) is 5.91 Å². The van der Waals surface area contributed by atoms with Crippen molar-refractivity contribution < 1.29 is 22.4 Å². The summed E-state index contributed by atoms with van der Waals surface area (Å²) in [5, 5.41) is 2.88. The van der Waals surface area contributed by atoms with Gasteiger partial charge in [-0.05, 0) is 46.5 Å². The maximum absolute atomic E-state index is 12.9. The minimum atomic E-state index is -4.42. The number of carbonyl (C=O) groups is 1. The molecule has 0 atom stereocenters. The van der Waals surface area contributed by atoms with Crippen LogP contribution < -0.4 is 5.32 Å². The molecule has 1 amide bonds. The first-order valence-electron chi connectivity index (χ1n) is 9.12. The summed E-state index contributed by atoms with van der Waals surface area (Å²) < 4.78 is 44.6. The van der Waals surface area contributed by atoms with Crippen molar-refractivity contribution in [3.63, 3.8) is 0 Å². The number of alkyl halides is 3. The van der Waals surface area contributed by atoms with E-state index in [2.05, 4.69) is 21.2 Å². The highest BCUT2D eigenvalue weighted by Crippen LogP contribution is 2.37. The lowest BCUT2D eigenvalue weighted by Gasteiger charge is -2.09. The fourth-order valence-electron chi connectivity index (χ4n) is 3.06. The van der Waals surface area contributed by atoms with E-state index in [9.17, 15) is 18.0 Å². The highest BCUT2D eigenvalue weighted by atomic mass is 79.9. The van der Waals surface area contributed by atoms with Crippen molar-refractivity contribution in [2.24, 2.45) is 0 Å². The number of hydrogen-bond donors (Lipinski definition) is 1. The molecule has 0 aliphatic rings. The molecule has 1 heterocycles. The molecule has 0 radical (unpaired) electrons. The lowest BCUT2D eigenvalue weighted by atomic mass is 10.0. The van der Waals surface area contributed by atoms with E-state index >= 15 is 0 Å². The number of benzene rings is 2. The second-order valence-corrected chi connectivity index (χ2v) is 7.20. The zero-order valence-electron chi connectivity index (χ0n) is 15.6. The Bertz CT molecular complexity index is 980. The molecule has 0 bridgehead atoms. The van der Waals surface area contributed by atoms with E-state index < -0.39 is 11.7 Å². The Balaban J connectivity index is 1.85. The van der Waals surface area contributed by atoms with Crippen LogP contribution in [0.2, 0.25) is 0 Å². The van der Waals surface area contributed by atoms with Gasteiger partial charge in [-0.15, -0.1) is 0 Å². The minimum Gasteiger partial charge on any atom is -0.448 e. The van der Waals surface area contributed by atoms with Gasteiger partial charge in [0, 0.05) is 17.7 Å². The number of halogens is 4. The maximum Gasteiger partial charge on any atom is 0.416 e. The van der Waals surface area contributed by atoms with Crippen LogP contribution in [0.3, 0.4) is 0 Å². The molecule has 3 aromatic rings. The normalized spacial score (nSPS) is 11.5. The summed E-state index contributed by atoms with van der Waals surface area (Å²) >= 11 is 3.32. The molecular weight excluding hydrogens is 447 g/mol. The molecule has 0 fully saturated rings. The number of furan rings is 1. The first-order valence-corrected chi connectivity index (χ1v) is 9.91. The maximum atomic E-state index is 12.9. The van der Waals surface area contributed by atoms with Crippen LogP contribution >= 0.6 is 15.9 Å². The fourth-order valence-corrected chi connectivity index (χ4v) is 3.70. The first kappa shape index (κ1) is 21.2. The van der Waals surface area contributed by atoms with Crippen molar-refractivity contribution in [3.05, 3.63) is 81.5 Å². The van der Waals surface area contributed by atoms with Gasteiger partial charge in [-0.25, -0.2) is 0 Å². The van der Waals surface area contributed by atoms with Gasteiger partial charge in [-0.2, -0.15) is 13.2 Å². The number of carbonyl (C=O) groups excluding carboxylic acids is 1. The van der Waals surface area contributed by atoms with Crippen molar-refractivity contribution in [1.29, 1.82) is 0 Å². The third kappa shape index (κ3) is 4.90. The van der Waals surface area contributed by atoms with Crippen LogP contribution in [0.15, 0.2) is 63.7 Å². The summed E-state index contributed by atoms with van der Waals surface area (Å²) in [5.74, 6) is -0.0678. The van der Waals surface area contributed by atoms with Gasteiger partial charge < -0.3 is 9.73 Å². The second-order valence-electron chi connectivity index (χ2n) is 6.48. The Labute approximate surface area is 175 Å². The van der Waals surface area contributed by atoms with E-state index in [0.29, 0.717) is 40.7 Å². The Morgan fingerprint density at radius 1 is 1.07 bits per heavy atom. The summed E-state index contributed by atoms with van der Waals surface area (Å²) in [6, 6.07) is 14.3. The molecule has 0 aliphatic carbocycles. The molecule has 0 spiro atoms. The summed E-state index contributed by atoms with van der Waals surface area (Å²) in [5.41, 5.74) is 1.77. The smallest absolute Gasteiger partial charge is 0.416 e. The van der Waals surface area contributed by atoms with Crippen LogP contribution in [0.1, 0.15) is 34.0 Å². The van der Waals surface area contributed by atoms with Crippen molar-refractivity contribution >= 4 is 21.8 Å². The molecule has 152 valence electrons. The zero-order valence-corrected chi connectivity index (χ0v) is 17.2. The minimum absolute atomic E-state index is 0.250. The molecule has 0 saturated heterocycles. The molecule has 29 heavy (non-hydrogen) atoms. The lowest BCUT2D eigenvalue weighted by molar-refractivity contribution is -0.137. The van der Waals surface area contributed by atoms with Crippen LogP contribution in [-0.2, 0) is 19.0 Å². The molecule has 0 aliphatic heterocycles. The van der Waals surface area contributed by atoms with Crippen molar-refractivity contribution in [2.45, 2.75) is 25.9 Å². The van der Waals surface area contributed by atoms with Crippen LogP contribution in [0, 0.1) is 0 Å². The van der Waals surface area contributed by atoms with Gasteiger partial charge in [0.15, 0.2) is 4.67 Å². The van der Waals surface area contributed by atoms with E-state index in [1.807, 2.05) is 37.3 Å². The molecule has 0 unspecified atom stereocenters. The molecule has 0 saturated carbocycles. The Kier molecular flexibility index (Phi) is 6.47. The van der Waals surface area contributed by atoms with Crippen LogP contribution in [-0.4, -0.2) is 12.5 Å². The summed E-state index contributed by atoms with van der Waals surface area (Å²) in [6.07, 6.45) is -3.22. The molecule has 3 rings (SSSR count). The molecule has 1 aromatic heterocycles. The van der Waals surface area contributed by atoms with Gasteiger partial charge in [0.05, 0.1) is 11.1 Å². The molecule has 2 aromatic carbocycles. The third-order valence-electron chi connectivity index (χ3n) is 4.55. The van der Waals surface area contributed by atoms with Crippen LogP contribution in [0.25, 0.3) is 11.3 Å². The van der Waals surface area contributed by atoms with Crippen molar-refractivity contribution in [3.8, 4) is 11.3 Å². The van der Waals surface area contributed by atoms with E-state index in [0.717, 1.165) is 17.7 Å². The van der Waals surface area contributed by atoms with E-state index in [-0.39, 0.29) is 11.7 Å². The standard InChI is InChI=1S/C22H19BrF3NO2/c1-2-17-18(21(28)27-13-12-14-6-4-3-5-7-14)19(29-20(17)23)15-8-10-16(11-9-15)22(24,25)26/h3-11H,2,12-13H2,1H3,(H,27,28). The monoisotopic (exact) mass is 465 g/mol. The topological polar surface area (TPSA) is 42.2 Å². The molecular formula is C22H19BrF3NO2. The Hall–Kier alpha value is -2.54. The SMILES string of the molecule is CCc1c(Br)oc(-c2ccc(C(F)(F)F)cc2)c1C(=O)NCCc1ccccc1. The molecule has 7 heteroatoms. The summed E-state index contributed by atoms with van der Waals surface area (Å²) in [6.45, 7) is 2.31. The Morgan fingerprint density at radius 3 is 2.31 bits per heavy atom. The number of amides is 1. The van der Waals surface area contributed by atoms with E-state index in [1.54, 1.807) is 0 Å². The van der Waals surface area contributed by atoms with Crippen molar-refractivity contribution in [2.75, 3.05) is 6.54 Å². The van der Waals surface area contributed by atoms with E-state index in [4.69, 9.17) is 4.42 Å². The predicted octanol–water partition coefficient (Wildman–Crippen LogP) is 6.26. The van der Waals surface area contributed by atoms with Gasteiger partial charge in [0.1, 0.15) is 5.76 Å². The highest BCUT2D eigenvalue weighted by molar-refractivity contribution is 9.10. The molecule has 1 N–H and O–H groups in total. The second kappa shape index (κ2) is 8.86. The zero-order chi connectivity index (χ0) is 21.0. The van der Waals surface area contributed by atoms with Crippen molar-refractivity contribution in [1.82, 2.24) is 5.32 Å². The number of rotatable bonds is 6. The van der Waals surface area contributed by atoms with Gasteiger partial charge in [-0.3, -0.25) is 4.79 Å². The largest absolute Gasteiger partial charge is 0.448 e. The summed E-state index contributed by atoms with van der Waals surface area (Å²) in [7, 11) is 0. The average Bonchev–Trinajstić information content (AvgIpc) is 3.04. The summed E-state index contributed by atoms with van der Waals surface area (Å²) in [4.78, 5) is 12.9. The third-order valence-corrected chi connectivity index (χ3v) is 5.20.